The van der Waals surface area contributed by atoms with E-state index in [4.69, 9.17) is 9.47 Å². The fourth-order valence-electron chi connectivity index (χ4n) is 4.00. The van der Waals surface area contributed by atoms with Gasteiger partial charge < -0.3 is 24.4 Å². The molecule has 2 aromatic rings. The lowest BCUT2D eigenvalue weighted by atomic mass is 9.95. The number of carbonyl (C=O) groups excluding carboxylic acids is 2. The molecule has 0 unspecified atom stereocenters. The number of nitrogens with zero attached hydrogens (tertiary/aromatic N) is 2. The van der Waals surface area contributed by atoms with Crippen molar-refractivity contribution in [3.63, 3.8) is 0 Å². The normalized spacial score (nSPS) is 17.1. The molecule has 1 N–H and O–H groups in total. The summed E-state index contributed by atoms with van der Waals surface area (Å²) in [5, 5.41) is 11.2. The van der Waals surface area contributed by atoms with Gasteiger partial charge in [-0.05, 0) is 75.4 Å². The molecule has 0 spiro atoms. The number of aliphatic hydroxyl groups excluding tert-OH is 1. The first-order chi connectivity index (χ1) is 16.9. The standard InChI is InChI=1S/C28H34N2O5/c1-5-18-34-22-12-8-20(9-13-22)25-24(27(32)28(33)30(25)17-7-16-29(3)4)26(31)21-10-14-23(15-11-21)35-19-6-2/h6,8-15,25,31H,2,5,7,16-19H2,1,3-4H3/b26-24+/t25-/m0/s1. The van der Waals surface area contributed by atoms with Crippen molar-refractivity contribution in [3.8, 4) is 11.5 Å². The number of likely N-dealkylation sites (tertiary alicyclic amines) is 1. The Hall–Kier alpha value is -3.58. The largest absolute Gasteiger partial charge is 0.507 e. The van der Waals surface area contributed by atoms with E-state index < -0.39 is 17.7 Å². The number of ketones is 1. The lowest BCUT2D eigenvalue weighted by Gasteiger charge is -2.26. The molecule has 1 fully saturated rings. The third-order valence-corrected chi connectivity index (χ3v) is 5.71. The van der Waals surface area contributed by atoms with Gasteiger partial charge in [0.25, 0.3) is 11.7 Å². The molecule has 1 saturated heterocycles. The lowest BCUT2D eigenvalue weighted by molar-refractivity contribution is -0.139. The maximum absolute atomic E-state index is 13.1. The summed E-state index contributed by atoms with van der Waals surface area (Å²) in [5.41, 5.74) is 1.27. The number of rotatable bonds is 12. The van der Waals surface area contributed by atoms with Gasteiger partial charge in [0.1, 0.15) is 23.9 Å². The molecule has 0 aromatic heterocycles. The van der Waals surface area contributed by atoms with Crippen molar-refractivity contribution in [2.75, 3.05) is 40.4 Å². The van der Waals surface area contributed by atoms with Gasteiger partial charge in [-0.25, -0.2) is 0 Å². The summed E-state index contributed by atoms with van der Waals surface area (Å²) < 4.78 is 11.2. The molecule has 0 bridgehead atoms. The Balaban J connectivity index is 2.00. The molecule has 186 valence electrons. The number of aliphatic hydroxyl groups is 1. The Kier molecular flexibility index (Phi) is 9.09. The van der Waals surface area contributed by atoms with Crippen molar-refractivity contribution in [2.45, 2.75) is 25.8 Å². The molecule has 1 heterocycles. The van der Waals surface area contributed by atoms with E-state index in [9.17, 15) is 14.7 Å². The highest BCUT2D eigenvalue weighted by atomic mass is 16.5. The Bertz CT molecular complexity index is 1060. The van der Waals surface area contributed by atoms with Crippen LogP contribution in [-0.4, -0.2) is 67.0 Å². The number of ether oxygens (including phenoxy) is 2. The first kappa shape index (κ1) is 26.0. The van der Waals surface area contributed by atoms with Crippen LogP contribution in [0.15, 0.2) is 66.8 Å². The molecule has 7 heteroatoms. The fraction of sp³-hybridized carbons (Fsp3) is 0.357. The Morgan fingerprint density at radius 3 is 2.29 bits per heavy atom. The second-order valence-corrected chi connectivity index (χ2v) is 8.69. The summed E-state index contributed by atoms with van der Waals surface area (Å²) in [7, 11) is 3.92. The summed E-state index contributed by atoms with van der Waals surface area (Å²) in [6, 6.07) is 13.4. The fourth-order valence-corrected chi connectivity index (χ4v) is 4.00. The first-order valence-corrected chi connectivity index (χ1v) is 11.9. The summed E-state index contributed by atoms with van der Waals surface area (Å²) in [4.78, 5) is 29.8. The van der Waals surface area contributed by atoms with E-state index in [-0.39, 0.29) is 11.3 Å². The van der Waals surface area contributed by atoms with E-state index in [0.717, 1.165) is 24.3 Å². The summed E-state index contributed by atoms with van der Waals surface area (Å²) in [6.07, 6.45) is 3.24. The summed E-state index contributed by atoms with van der Waals surface area (Å²) in [6.45, 7) is 7.80. The van der Waals surface area contributed by atoms with Crippen LogP contribution in [0.5, 0.6) is 11.5 Å². The van der Waals surface area contributed by atoms with Gasteiger partial charge in [-0.1, -0.05) is 31.7 Å². The molecule has 7 nitrogen and oxygen atoms in total. The van der Waals surface area contributed by atoms with Crippen LogP contribution in [0.3, 0.4) is 0 Å². The molecule has 3 rings (SSSR count). The van der Waals surface area contributed by atoms with Crippen molar-refractivity contribution in [1.29, 1.82) is 0 Å². The van der Waals surface area contributed by atoms with Gasteiger partial charge in [0.15, 0.2) is 0 Å². The zero-order valence-electron chi connectivity index (χ0n) is 20.7. The average Bonchev–Trinajstić information content (AvgIpc) is 3.11. The molecule has 0 radical (unpaired) electrons. The van der Waals surface area contributed by atoms with Crippen molar-refractivity contribution in [3.05, 3.63) is 77.9 Å². The van der Waals surface area contributed by atoms with E-state index in [1.807, 2.05) is 50.2 Å². The molecule has 35 heavy (non-hydrogen) atoms. The second kappa shape index (κ2) is 12.2. The molecule has 0 saturated carbocycles. The topological polar surface area (TPSA) is 79.3 Å². The van der Waals surface area contributed by atoms with Gasteiger partial charge in [0.2, 0.25) is 0 Å². The number of hydrogen-bond acceptors (Lipinski definition) is 6. The minimum atomic E-state index is -0.686. The Morgan fingerprint density at radius 2 is 1.69 bits per heavy atom. The molecule has 2 aromatic carbocycles. The van der Waals surface area contributed by atoms with Crippen LogP contribution < -0.4 is 9.47 Å². The Morgan fingerprint density at radius 1 is 1.06 bits per heavy atom. The molecule has 1 amide bonds. The number of amides is 1. The van der Waals surface area contributed by atoms with E-state index in [0.29, 0.717) is 37.5 Å². The van der Waals surface area contributed by atoms with Gasteiger partial charge in [0.05, 0.1) is 18.2 Å². The maximum Gasteiger partial charge on any atom is 0.295 e. The molecular weight excluding hydrogens is 444 g/mol. The van der Waals surface area contributed by atoms with Crippen molar-refractivity contribution < 1.29 is 24.2 Å². The minimum absolute atomic E-state index is 0.0850. The predicted octanol–water partition coefficient (Wildman–Crippen LogP) is 4.41. The number of benzene rings is 2. The number of Topliss-reactive ketones (excluding diaryl/α,β-unsaturated/α-hetero) is 1. The highest BCUT2D eigenvalue weighted by Crippen LogP contribution is 2.40. The van der Waals surface area contributed by atoms with Crippen molar-refractivity contribution in [2.24, 2.45) is 0 Å². The SMILES string of the molecule is C=CCOc1ccc(/C(O)=C2\C(=O)C(=O)N(CCCN(C)C)[C@H]2c2ccc(OCCC)cc2)cc1. The highest BCUT2D eigenvalue weighted by Gasteiger charge is 2.45. The molecule has 0 aliphatic carbocycles. The molecule has 1 aliphatic rings. The highest BCUT2D eigenvalue weighted by molar-refractivity contribution is 6.46. The van der Waals surface area contributed by atoms with Crippen LogP contribution >= 0.6 is 0 Å². The van der Waals surface area contributed by atoms with E-state index in [1.54, 1.807) is 35.2 Å². The van der Waals surface area contributed by atoms with Crippen molar-refractivity contribution >= 4 is 17.4 Å². The monoisotopic (exact) mass is 478 g/mol. The van der Waals surface area contributed by atoms with Gasteiger partial charge >= 0.3 is 0 Å². The van der Waals surface area contributed by atoms with Crippen LogP contribution in [0.2, 0.25) is 0 Å². The zero-order valence-corrected chi connectivity index (χ0v) is 20.7. The maximum atomic E-state index is 13.1. The second-order valence-electron chi connectivity index (χ2n) is 8.69. The molecule has 1 aliphatic heterocycles. The van der Waals surface area contributed by atoms with Crippen LogP contribution in [-0.2, 0) is 9.59 Å². The summed E-state index contributed by atoms with van der Waals surface area (Å²) in [5.74, 6) is -0.159. The quantitative estimate of drug-likeness (QED) is 0.211. The zero-order chi connectivity index (χ0) is 25.4. The van der Waals surface area contributed by atoms with Crippen LogP contribution in [0, 0.1) is 0 Å². The van der Waals surface area contributed by atoms with Gasteiger partial charge in [-0.3, -0.25) is 9.59 Å². The van der Waals surface area contributed by atoms with Crippen LogP contribution in [0.25, 0.3) is 5.76 Å². The van der Waals surface area contributed by atoms with E-state index >= 15 is 0 Å². The lowest BCUT2D eigenvalue weighted by Crippen LogP contribution is -2.32. The average molecular weight is 479 g/mol. The third kappa shape index (κ3) is 6.31. The summed E-state index contributed by atoms with van der Waals surface area (Å²) >= 11 is 0. The van der Waals surface area contributed by atoms with Crippen LogP contribution in [0.4, 0.5) is 0 Å². The van der Waals surface area contributed by atoms with E-state index in [2.05, 4.69) is 6.58 Å². The molecular formula is C28H34N2O5. The van der Waals surface area contributed by atoms with Gasteiger partial charge in [0, 0.05) is 12.1 Å². The van der Waals surface area contributed by atoms with Crippen molar-refractivity contribution in [1.82, 2.24) is 9.80 Å². The molecule has 1 atom stereocenters. The minimum Gasteiger partial charge on any atom is -0.507 e. The Labute approximate surface area is 207 Å². The predicted molar refractivity (Wildman–Crippen MR) is 137 cm³/mol. The first-order valence-electron chi connectivity index (χ1n) is 11.9. The van der Waals surface area contributed by atoms with Crippen LogP contribution in [0.1, 0.15) is 36.9 Å². The third-order valence-electron chi connectivity index (χ3n) is 5.71. The smallest absolute Gasteiger partial charge is 0.295 e. The van der Waals surface area contributed by atoms with Gasteiger partial charge in [-0.15, -0.1) is 0 Å². The number of hydrogen-bond donors (Lipinski definition) is 1. The number of carbonyl (C=O) groups is 2. The van der Waals surface area contributed by atoms with E-state index in [1.165, 1.54) is 0 Å². The van der Waals surface area contributed by atoms with Gasteiger partial charge in [-0.2, -0.15) is 0 Å².